The van der Waals surface area contributed by atoms with Gasteiger partial charge >= 0.3 is 0 Å². The van der Waals surface area contributed by atoms with Crippen molar-refractivity contribution in [3.63, 3.8) is 0 Å². The van der Waals surface area contributed by atoms with Crippen molar-refractivity contribution in [2.45, 2.75) is 39.4 Å². The summed E-state index contributed by atoms with van der Waals surface area (Å²) >= 11 is 0. The molecule has 0 amide bonds. The standard InChI is InChI=1S/C16H23N3O/c1-12(2)19-10-9-15(18-19)11-17-13(3)14-5-7-16(20-4)8-6-14/h5-10,12-13,17H,11H2,1-4H3/t13-/m1/s1. The van der Waals surface area contributed by atoms with E-state index < -0.39 is 0 Å². The zero-order chi connectivity index (χ0) is 14.5. The molecular formula is C16H23N3O. The number of nitrogens with zero attached hydrogens (tertiary/aromatic N) is 2. The van der Waals surface area contributed by atoms with Gasteiger partial charge in [-0.25, -0.2) is 0 Å². The van der Waals surface area contributed by atoms with E-state index in [1.807, 2.05) is 23.0 Å². The number of methoxy groups -OCH3 is 1. The van der Waals surface area contributed by atoms with Crippen molar-refractivity contribution in [3.05, 3.63) is 47.8 Å². The lowest BCUT2D eigenvalue weighted by Gasteiger charge is -2.14. The molecule has 0 unspecified atom stereocenters. The maximum atomic E-state index is 5.17. The van der Waals surface area contributed by atoms with Crippen molar-refractivity contribution in [2.24, 2.45) is 0 Å². The molecule has 0 fully saturated rings. The summed E-state index contributed by atoms with van der Waals surface area (Å²) in [5, 5.41) is 8.03. The fraction of sp³-hybridized carbons (Fsp3) is 0.438. The van der Waals surface area contributed by atoms with E-state index in [0.717, 1.165) is 18.0 Å². The summed E-state index contributed by atoms with van der Waals surface area (Å²) in [6, 6.07) is 10.9. The Labute approximate surface area is 120 Å². The molecule has 20 heavy (non-hydrogen) atoms. The third kappa shape index (κ3) is 3.61. The van der Waals surface area contributed by atoms with Gasteiger partial charge in [0.1, 0.15) is 5.75 Å². The largest absolute Gasteiger partial charge is 0.497 e. The highest BCUT2D eigenvalue weighted by Crippen LogP contribution is 2.17. The molecule has 0 spiro atoms. The fourth-order valence-electron chi connectivity index (χ4n) is 2.03. The van der Waals surface area contributed by atoms with Crippen LogP contribution in [0.5, 0.6) is 5.75 Å². The number of hydrogen-bond acceptors (Lipinski definition) is 3. The van der Waals surface area contributed by atoms with Crippen LogP contribution in [0.25, 0.3) is 0 Å². The van der Waals surface area contributed by atoms with Gasteiger partial charge in [-0.3, -0.25) is 4.68 Å². The molecule has 1 atom stereocenters. The highest BCUT2D eigenvalue weighted by atomic mass is 16.5. The van der Waals surface area contributed by atoms with E-state index in [0.29, 0.717) is 6.04 Å². The number of benzene rings is 1. The van der Waals surface area contributed by atoms with Gasteiger partial charge in [-0.2, -0.15) is 5.10 Å². The van der Waals surface area contributed by atoms with Gasteiger partial charge in [0.15, 0.2) is 0 Å². The smallest absolute Gasteiger partial charge is 0.118 e. The highest BCUT2D eigenvalue weighted by Gasteiger charge is 2.07. The molecule has 4 heteroatoms. The Morgan fingerprint density at radius 1 is 1.15 bits per heavy atom. The van der Waals surface area contributed by atoms with Gasteiger partial charge in [0.05, 0.1) is 12.8 Å². The monoisotopic (exact) mass is 273 g/mol. The van der Waals surface area contributed by atoms with Crippen LogP contribution in [0.2, 0.25) is 0 Å². The van der Waals surface area contributed by atoms with E-state index in [2.05, 4.69) is 49.4 Å². The van der Waals surface area contributed by atoms with Crippen molar-refractivity contribution >= 4 is 0 Å². The lowest BCUT2D eigenvalue weighted by Crippen LogP contribution is -2.18. The fourth-order valence-corrected chi connectivity index (χ4v) is 2.03. The van der Waals surface area contributed by atoms with E-state index >= 15 is 0 Å². The Bertz CT molecular complexity index is 531. The summed E-state index contributed by atoms with van der Waals surface area (Å²) in [6.07, 6.45) is 2.03. The number of rotatable bonds is 6. The first-order valence-corrected chi connectivity index (χ1v) is 7.01. The van der Waals surface area contributed by atoms with Crippen molar-refractivity contribution in [1.29, 1.82) is 0 Å². The van der Waals surface area contributed by atoms with Crippen LogP contribution < -0.4 is 10.1 Å². The molecule has 1 N–H and O–H groups in total. The van der Waals surface area contributed by atoms with Crippen molar-refractivity contribution < 1.29 is 4.74 Å². The maximum Gasteiger partial charge on any atom is 0.118 e. The first-order valence-electron chi connectivity index (χ1n) is 7.01. The molecular weight excluding hydrogens is 250 g/mol. The second-order valence-electron chi connectivity index (χ2n) is 5.26. The number of ether oxygens (including phenoxy) is 1. The van der Waals surface area contributed by atoms with Gasteiger partial charge in [-0.05, 0) is 44.5 Å². The molecule has 2 rings (SSSR count). The molecule has 0 aliphatic carbocycles. The van der Waals surface area contributed by atoms with Gasteiger partial charge in [0.2, 0.25) is 0 Å². The zero-order valence-corrected chi connectivity index (χ0v) is 12.6. The highest BCUT2D eigenvalue weighted by molar-refractivity contribution is 5.28. The lowest BCUT2D eigenvalue weighted by molar-refractivity contribution is 0.414. The van der Waals surface area contributed by atoms with Gasteiger partial charge in [-0.1, -0.05) is 12.1 Å². The molecule has 1 aromatic carbocycles. The minimum Gasteiger partial charge on any atom is -0.497 e. The Morgan fingerprint density at radius 2 is 1.85 bits per heavy atom. The van der Waals surface area contributed by atoms with Crippen LogP contribution in [0.15, 0.2) is 36.5 Å². The van der Waals surface area contributed by atoms with Gasteiger partial charge in [-0.15, -0.1) is 0 Å². The molecule has 0 radical (unpaired) electrons. The SMILES string of the molecule is COc1ccc([C@@H](C)NCc2ccn(C(C)C)n2)cc1. The molecule has 108 valence electrons. The van der Waals surface area contributed by atoms with Gasteiger partial charge < -0.3 is 10.1 Å². The minimum atomic E-state index is 0.283. The van der Waals surface area contributed by atoms with E-state index in [1.54, 1.807) is 7.11 Å². The number of nitrogens with one attached hydrogen (secondary N) is 1. The van der Waals surface area contributed by atoms with Crippen LogP contribution in [-0.2, 0) is 6.54 Å². The van der Waals surface area contributed by atoms with Crippen LogP contribution in [-0.4, -0.2) is 16.9 Å². The number of hydrogen-bond donors (Lipinski definition) is 1. The summed E-state index contributed by atoms with van der Waals surface area (Å²) in [4.78, 5) is 0. The molecule has 0 aliphatic heterocycles. The summed E-state index contributed by atoms with van der Waals surface area (Å²) in [5.74, 6) is 0.886. The topological polar surface area (TPSA) is 39.1 Å². The Balaban J connectivity index is 1.91. The molecule has 0 bridgehead atoms. The summed E-state index contributed by atoms with van der Waals surface area (Å²) < 4.78 is 7.15. The zero-order valence-electron chi connectivity index (χ0n) is 12.6. The minimum absolute atomic E-state index is 0.283. The summed E-state index contributed by atoms with van der Waals surface area (Å²) in [5.41, 5.74) is 2.31. The van der Waals surface area contributed by atoms with Crippen molar-refractivity contribution in [2.75, 3.05) is 7.11 Å². The van der Waals surface area contributed by atoms with Crippen molar-refractivity contribution in [1.82, 2.24) is 15.1 Å². The second-order valence-corrected chi connectivity index (χ2v) is 5.26. The van der Waals surface area contributed by atoms with Gasteiger partial charge in [0.25, 0.3) is 0 Å². The molecule has 4 nitrogen and oxygen atoms in total. The lowest BCUT2D eigenvalue weighted by atomic mass is 10.1. The predicted molar refractivity (Wildman–Crippen MR) is 80.9 cm³/mol. The average molecular weight is 273 g/mol. The van der Waals surface area contributed by atoms with Crippen LogP contribution in [0.1, 0.15) is 44.1 Å². The average Bonchev–Trinajstić information content (AvgIpc) is 2.94. The van der Waals surface area contributed by atoms with Crippen LogP contribution in [0, 0.1) is 0 Å². The number of aromatic nitrogens is 2. The van der Waals surface area contributed by atoms with Crippen LogP contribution >= 0.6 is 0 Å². The van der Waals surface area contributed by atoms with Crippen LogP contribution in [0.4, 0.5) is 0 Å². The van der Waals surface area contributed by atoms with E-state index in [4.69, 9.17) is 4.74 Å². The normalized spacial score (nSPS) is 12.7. The first-order chi connectivity index (χ1) is 9.60. The third-order valence-electron chi connectivity index (χ3n) is 3.40. The Hall–Kier alpha value is -1.81. The molecule has 0 saturated carbocycles. The Morgan fingerprint density at radius 3 is 2.40 bits per heavy atom. The quantitative estimate of drug-likeness (QED) is 0.877. The molecule has 0 aliphatic rings. The Kier molecular flexibility index (Phi) is 4.79. The second kappa shape index (κ2) is 6.57. The van der Waals surface area contributed by atoms with E-state index in [1.165, 1.54) is 5.56 Å². The summed E-state index contributed by atoms with van der Waals surface area (Å²) in [6.45, 7) is 7.18. The van der Waals surface area contributed by atoms with Gasteiger partial charge in [0, 0.05) is 24.8 Å². The van der Waals surface area contributed by atoms with Crippen molar-refractivity contribution in [3.8, 4) is 5.75 Å². The van der Waals surface area contributed by atoms with Crippen LogP contribution in [0.3, 0.4) is 0 Å². The molecule has 1 aromatic heterocycles. The maximum absolute atomic E-state index is 5.17. The van der Waals surface area contributed by atoms with E-state index in [-0.39, 0.29) is 6.04 Å². The molecule has 2 aromatic rings. The summed E-state index contributed by atoms with van der Waals surface area (Å²) in [7, 11) is 1.68. The predicted octanol–water partition coefficient (Wildman–Crippen LogP) is 3.32. The van der Waals surface area contributed by atoms with E-state index in [9.17, 15) is 0 Å². The first kappa shape index (κ1) is 14.6. The molecule has 0 saturated heterocycles. The molecule has 1 heterocycles. The third-order valence-corrected chi connectivity index (χ3v) is 3.40.